The van der Waals surface area contributed by atoms with E-state index in [9.17, 15) is 9.59 Å². The van der Waals surface area contributed by atoms with Gasteiger partial charge in [0.15, 0.2) is 0 Å². The SMILES string of the molecule is CC(C)N(C(=O)NNC(=O)N(C(C)C)C(C)C)C(C)C. The Labute approximate surface area is 122 Å². The van der Waals surface area contributed by atoms with Gasteiger partial charge < -0.3 is 9.80 Å². The molecule has 0 saturated carbocycles. The Balaban J connectivity index is 4.61. The van der Waals surface area contributed by atoms with Gasteiger partial charge >= 0.3 is 12.1 Å². The Morgan fingerprint density at radius 3 is 0.950 bits per heavy atom. The topological polar surface area (TPSA) is 64.7 Å². The molecule has 0 fully saturated rings. The van der Waals surface area contributed by atoms with E-state index in [0.717, 1.165) is 0 Å². The van der Waals surface area contributed by atoms with Crippen LogP contribution in [0.15, 0.2) is 0 Å². The van der Waals surface area contributed by atoms with Crippen molar-refractivity contribution < 1.29 is 9.59 Å². The normalized spacial score (nSPS) is 11.2. The first kappa shape index (κ1) is 18.5. The molecule has 0 heterocycles. The Morgan fingerprint density at radius 1 is 0.600 bits per heavy atom. The molecule has 4 amide bonds. The molecule has 0 aromatic heterocycles. The van der Waals surface area contributed by atoms with Gasteiger partial charge in [0.05, 0.1) is 0 Å². The van der Waals surface area contributed by atoms with Crippen LogP contribution in [0.5, 0.6) is 0 Å². The molecule has 0 aromatic rings. The van der Waals surface area contributed by atoms with Crippen molar-refractivity contribution in [2.45, 2.75) is 79.6 Å². The number of nitrogens with one attached hydrogen (secondary N) is 2. The second-order valence-corrected chi connectivity index (χ2v) is 6.05. The van der Waals surface area contributed by atoms with E-state index in [-0.39, 0.29) is 36.2 Å². The van der Waals surface area contributed by atoms with Gasteiger partial charge in [-0.15, -0.1) is 0 Å². The highest BCUT2D eigenvalue weighted by Gasteiger charge is 2.23. The highest BCUT2D eigenvalue weighted by molar-refractivity contribution is 5.80. The van der Waals surface area contributed by atoms with Gasteiger partial charge in [0.2, 0.25) is 0 Å². The molecule has 0 bridgehead atoms. The largest absolute Gasteiger partial charge is 0.336 e. The third kappa shape index (κ3) is 5.27. The van der Waals surface area contributed by atoms with Gasteiger partial charge in [-0.25, -0.2) is 20.4 Å². The molecule has 0 aliphatic carbocycles. The number of nitrogens with zero attached hydrogens (tertiary/aromatic N) is 2. The van der Waals surface area contributed by atoms with Crippen molar-refractivity contribution in [1.29, 1.82) is 0 Å². The van der Waals surface area contributed by atoms with Crippen molar-refractivity contribution in [2.24, 2.45) is 0 Å². The van der Waals surface area contributed by atoms with Crippen molar-refractivity contribution in [1.82, 2.24) is 20.7 Å². The first-order valence-electron chi connectivity index (χ1n) is 7.26. The monoisotopic (exact) mass is 286 g/mol. The molecular weight excluding hydrogens is 256 g/mol. The average molecular weight is 286 g/mol. The summed E-state index contributed by atoms with van der Waals surface area (Å²) in [5.74, 6) is 0. The van der Waals surface area contributed by atoms with Crippen LogP contribution < -0.4 is 10.9 Å². The molecule has 2 N–H and O–H groups in total. The predicted octanol–water partition coefficient (Wildman–Crippen LogP) is 2.56. The van der Waals surface area contributed by atoms with Crippen LogP contribution in [0.4, 0.5) is 9.59 Å². The van der Waals surface area contributed by atoms with E-state index < -0.39 is 0 Å². The zero-order valence-electron chi connectivity index (χ0n) is 14.0. The van der Waals surface area contributed by atoms with Crippen LogP contribution in [0.3, 0.4) is 0 Å². The summed E-state index contributed by atoms with van der Waals surface area (Å²) in [6.07, 6.45) is 0. The molecule has 0 aliphatic rings. The number of rotatable bonds is 4. The van der Waals surface area contributed by atoms with Crippen LogP contribution in [0.25, 0.3) is 0 Å². The molecule has 0 saturated heterocycles. The highest BCUT2D eigenvalue weighted by Crippen LogP contribution is 2.06. The number of urea groups is 2. The molecule has 20 heavy (non-hydrogen) atoms. The minimum Gasteiger partial charge on any atom is -0.319 e. The van der Waals surface area contributed by atoms with E-state index in [1.165, 1.54) is 0 Å². The maximum Gasteiger partial charge on any atom is 0.336 e. The lowest BCUT2D eigenvalue weighted by atomic mass is 10.2. The fourth-order valence-electron chi connectivity index (χ4n) is 2.37. The zero-order chi connectivity index (χ0) is 16.0. The summed E-state index contributed by atoms with van der Waals surface area (Å²) < 4.78 is 0. The van der Waals surface area contributed by atoms with E-state index in [4.69, 9.17) is 0 Å². The lowest BCUT2D eigenvalue weighted by Gasteiger charge is -2.33. The van der Waals surface area contributed by atoms with Crippen LogP contribution in [0.2, 0.25) is 0 Å². The number of hydrogen-bond acceptors (Lipinski definition) is 2. The van der Waals surface area contributed by atoms with Crippen LogP contribution in [-0.2, 0) is 0 Å². The highest BCUT2D eigenvalue weighted by atomic mass is 16.2. The Kier molecular flexibility index (Phi) is 7.39. The summed E-state index contributed by atoms with van der Waals surface area (Å²) >= 11 is 0. The summed E-state index contributed by atoms with van der Waals surface area (Å²) in [5.41, 5.74) is 4.96. The molecule has 6 heteroatoms. The number of hydrazine groups is 1. The van der Waals surface area contributed by atoms with E-state index in [0.29, 0.717) is 0 Å². The Hall–Kier alpha value is -1.46. The molecule has 0 spiro atoms. The summed E-state index contributed by atoms with van der Waals surface area (Å²) in [6.45, 7) is 15.5. The Morgan fingerprint density at radius 2 is 0.800 bits per heavy atom. The lowest BCUT2D eigenvalue weighted by Crippen LogP contribution is -2.57. The van der Waals surface area contributed by atoms with Gasteiger partial charge in [-0.3, -0.25) is 0 Å². The van der Waals surface area contributed by atoms with E-state index in [1.54, 1.807) is 9.80 Å². The van der Waals surface area contributed by atoms with Gasteiger partial charge in [0.25, 0.3) is 0 Å². The molecule has 6 nitrogen and oxygen atoms in total. The van der Waals surface area contributed by atoms with Crippen LogP contribution in [0.1, 0.15) is 55.4 Å². The molecular formula is C14H30N4O2. The van der Waals surface area contributed by atoms with Gasteiger partial charge in [0.1, 0.15) is 0 Å². The molecule has 0 aromatic carbocycles. The van der Waals surface area contributed by atoms with Crippen molar-refractivity contribution in [3.05, 3.63) is 0 Å². The summed E-state index contributed by atoms with van der Waals surface area (Å²) in [4.78, 5) is 27.5. The Bertz CT molecular complexity index is 279. The summed E-state index contributed by atoms with van der Waals surface area (Å²) in [7, 11) is 0. The van der Waals surface area contributed by atoms with E-state index in [1.807, 2.05) is 55.4 Å². The fourth-order valence-corrected chi connectivity index (χ4v) is 2.37. The van der Waals surface area contributed by atoms with Crippen LogP contribution >= 0.6 is 0 Å². The maximum atomic E-state index is 12.1. The number of hydrogen-bond donors (Lipinski definition) is 2. The third-order valence-electron chi connectivity index (χ3n) is 2.97. The minimum atomic E-state index is -0.296. The number of carbonyl (C=O) groups excluding carboxylic acids is 2. The van der Waals surface area contributed by atoms with E-state index >= 15 is 0 Å². The molecule has 0 unspecified atom stereocenters. The lowest BCUT2D eigenvalue weighted by molar-refractivity contribution is 0.145. The molecule has 0 aliphatic heterocycles. The molecule has 0 atom stereocenters. The maximum absolute atomic E-state index is 12.1. The van der Waals surface area contributed by atoms with Gasteiger partial charge in [-0.05, 0) is 55.4 Å². The molecule has 118 valence electrons. The summed E-state index contributed by atoms with van der Waals surface area (Å²) in [6, 6.07) is -0.320. The quantitative estimate of drug-likeness (QED) is 0.780. The van der Waals surface area contributed by atoms with Crippen molar-refractivity contribution in [3.8, 4) is 0 Å². The standard InChI is InChI=1S/C14H30N4O2/c1-9(2)17(10(3)4)13(19)15-16-14(20)18(11(5)6)12(7)8/h9-12H,1-8H3,(H,15,19)(H,16,20). The van der Waals surface area contributed by atoms with Crippen LogP contribution in [-0.4, -0.2) is 46.0 Å². The van der Waals surface area contributed by atoms with Crippen molar-refractivity contribution in [3.63, 3.8) is 0 Å². The molecule has 0 rings (SSSR count). The van der Waals surface area contributed by atoms with Gasteiger partial charge in [0, 0.05) is 24.2 Å². The summed E-state index contributed by atoms with van der Waals surface area (Å²) in [5, 5.41) is 0. The number of amides is 4. The van der Waals surface area contributed by atoms with Gasteiger partial charge in [-0.1, -0.05) is 0 Å². The predicted molar refractivity (Wildman–Crippen MR) is 81.3 cm³/mol. The smallest absolute Gasteiger partial charge is 0.319 e. The second-order valence-electron chi connectivity index (χ2n) is 6.05. The first-order valence-corrected chi connectivity index (χ1v) is 7.26. The number of carbonyl (C=O) groups is 2. The zero-order valence-corrected chi connectivity index (χ0v) is 14.0. The first-order chi connectivity index (χ1) is 9.09. The van der Waals surface area contributed by atoms with Gasteiger partial charge in [-0.2, -0.15) is 0 Å². The minimum absolute atomic E-state index is 0.0678. The van der Waals surface area contributed by atoms with Crippen LogP contribution in [0, 0.1) is 0 Å². The van der Waals surface area contributed by atoms with Crippen molar-refractivity contribution >= 4 is 12.1 Å². The average Bonchev–Trinajstić information content (AvgIpc) is 2.23. The molecule has 0 radical (unpaired) electrons. The van der Waals surface area contributed by atoms with E-state index in [2.05, 4.69) is 10.9 Å². The van der Waals surface area contributed by atoms with Crippen molar-refractivity contribution in [2.75, 3.05) is 0 Å². The second kappa shape index (κ2) is 7.97. The third-order valence-corrected chi connectivity index (χ3v) is 2.97. The fraction of sp³-hybridized carbons (Fsp3) is 0.857.